The highest BCUT2D eigenvalue weighted by atomic mass is 32.2. The largest absolute Gasteiger partial charge is 0.483 e. The van der Waals surface area contributed by atoms with Crippen LogP contribution >= 0.6 is 23.1 Å². The number of hydrogen-bond donors (Lipinski definition) is 1. The lowest BCUT2D eigenvalue weighted by atomic mass is 9.87. The lowest BCUT2D eigenvalue weighted by Crippen LogP contribution is -2.14. The molecule has 0 saturated heterocycles. The van der Waals surface area contributed by atoms with Crippen LogP contribution < -0.4 is 10.1 Å². The van der Waals surface area contributed by atoms with Crippen molar-refractivity contribution in [2.45, 2.75) is 44.4 Å². The third kappa shape index (κ3) is 5.54. The van der Waals surface area contributed by atoms with Gasteiger partial charge in [-0.05, 0) is 42.2 Å². The molecule has 172 valence electrons. The maximum atomic E-state index is 12.4. The van der Waals surface area contributed by atoms with Gasteiger partial charge in [-0.1, -0.05) is 68.1 Å². The maximum Gasteiger partial charge on any atom is 0.236 e. The van der Waals surface area contributed by atoms with Crippen molar-refractivity contribution in [1.29, 1.82) is 0 Å². The number of aromatic nitrogens is 4. The highest BCUT2D eigenvalue weighted by Crippen LogP contribution is 2.28. The maximum absolute atomic E-state index is 12.4. The van der Waals surface area contributed by atoms with E-state index in [9.17, 15) is 4.79 Å². The normalized spacial score (nSPS) is 12.6. The molecule has 0 aliphatic carbocycles. The second kappa shape index (κ2) is 9.52. The summed E-state index contributed by atoms with van der Waals surface area (Å²) in [4.78, 5) is 16.8. The molecule has 0 radical (unpaired) electrons. The average Bonchev–Trinajstić information content (AvgIpc) is 3.34. The lowest BCUT2D eigenvalue weighted by Gasteiger charge is -2.20. The van der Waals surface area contributed by atoms with E-state index in [1.54, 1.807) is 0 Å². The Balaban J connectivity index is 1.34. The molecule has 33 heavy (non-hydrogen) atoms. The summed E-state index contributed by atoms with van der Waals surface area (Å²) in [6.07, 6.45) is -0.283. The molecule has 1 amide bonds. The molecule has 1 unspecified atom stereocenters. The number of hydrogen-bond acceptors (Lipinski definition) is 7. The predicted octanol–water partition coefficient (Wildman–Crippen LogP) is 5.59. The number of anilines is 1. The third-order valence-corrected chi connectivity index (χ3v) is 7.11. The Morgan fingerprint density at radius 1 is 1.15 bits per heavy atom. The van der Waals surface area contributed by atoms with Crippen LogP contribution in [0, 0.1) is 0 Å². The Hall–Kier alpha value is -2.91. The van der Waals surface area contributed by atoms with E-state index in [1.165, 1.54) is 28.7 Å². The van der Waals surface area contributed by atoms with E-state index < -0.39 is 0 Å². The summed E-state index contributed by atoms with van der Waals surface area (Å²) < 4.78 is 8.98. The Kier molecular flexibility index (Phi) is 6.71. The van der Waals surface area contributed by atoms with Crippen molar-refractivity contribution < 1.29 is 9.53 Å². The lowest BCUT2D eigenvalue weighted by molar-refractivity contribution is -0.113. The quantitative estimate of drug-likeness (QED) is 0.346. The monoisotopic (exact) mass is 481 g/mol. The van der Waals surface area contributed by atoms with Gasteiger partial charge in [0.25, 0.3) is 0 Å². The summed E-state index contributed by atoms with van der Waals surface area (Å²) in [5.41, 5.74) is 2.23. The van der Waals surface area contributed by atoms with E-state index in [0.29, 0.717) is 16.1 Å². The Morgan fingerprint density at radius 3 is 2.58 bits per heavy atom. The van der Waals surface area contributed by atoms with Gasteiger partial charge in [0.1, 0.15) is 5.75 Å². The van der Waals surface area contributed by atoms with Gasteiger partial charge < -0.3 is 14.6 Å². The van der Waals surface area contributed by atoms with Crippen molar-refractivity contribution in [2.24, 2.45) is 7.05 Å². The molecular formula is C24H27N5O2S2. The molecule has 1 N–H and O–H groups in total. The molecule has 0 spiro atoms. The van der Waals surface area contributed by atoms with Crippen LogP contribution in [0.3, 0.4) is 0 Å². The van der Waals surface area contributed by atoms with Crippen molar-refractivity contribution in [2.75, 3.05) is 11.1 Å². The smallest absolute Gasteiger partial charge is 0.236 e. The molecule has 7 nitrogen and oxygen atoms in total. The number of para-hydroxylation sites is 1. The first kappa shape index (κ1) is 23.3. The molecule has 0 fully saturated rings. The summed E-state index contributed by atoms with van der Waals surface area (Å²) in [6.45, 7) is 8.49. The molecule has 0 aliphatic rings. The van der Waals surface area contributed by atoms with Crippen LogP contribution in [0.15, 0.2) is 53.7 Å². The Morgan fingerprint density at radius 2 is 1.88 bits per heavy atom. The first-order valence-electron chi connectivity index (χ1n) is 10.7. The molecule has 2 aromatic carbocycles. The van der Waals surface area contributed by atoms with Gasteiger partial charge in [0, 0.05) is 7.05 Å². The van der Waals surface area contributed by atoms with Gasteiger partial charge in [0.2, 0.25) is 5.91 Å². The number of amides is 1. The first-order chi connectivity index (χ1) is 15.7. The molecular weight excluding hydrogens is 454 g/mol. The second-order valence-electron chi connectivity index (χ2n) is 8.76. The molecule has 2 heterocycles. The highest BCUT2D eigenvalue weighted by Gasteiger charge is 2.19. The van der Waals surface area contributed by atoms with Gasteiger partial charge in [-0.25, -0.2) is 4.98 Å². The molecule has 4 aromatic rings. The minimum Gasteiger partial charge on any atom is -0.483 e. The predicted molar refractivity (Wildman–Crippen MR) is 134 cm³/mol. The van der Waals surface area contributed by atoms with Crippen LogP contribution in [0.5, 0.6) is 5.75 Å². The summed E-state index contributed by atoms with van der Waals surface area (Å²) in [5.74, 6) is 1.56. The van der Waals surface area contributed by atoms with E-state index in [1.807, 2.05) is 54.9 Å². The van der Waals surface area contributed by atoms with Crippen LogP contribution in [0.1, 0.15) is 45.2 Å². The average molecular weight is 482 g/mol. The van der Waals surface area contributed by atoms with Crippen molar-refractivity contribution in [3.63, 3.8) is 0 Å². The van der Waals surface area contributed by atoms with Gasteiger partial charge in [0.15, 0.2) is 22.2 Å². The number of fused-ring (bicyclic) bond motifs is 1. The van der Waals surface area contributed by atoms with Crippen LogP contribution in [0.4, 0.5) is 5.13 Å². The number of nitrogens with one attached hydrogen (secondary N) is 1. The van der Waals surface area contributed by atoms with E-state index in [-0.39, 0.29) is 23.2 Å². The first-order valence-corrected chi connectivity index (χ1v) is 12.5. The molecule has 0 bridgehead atoms. The van der Waals surface area contributed by atoms with Crippen molar-refractivity contribution >= 4 is 44.4 Å². The van der Waals surface area contributed by atoms with Gasteiger partial charge >= 0.3 is 0 Å². The van der Waals surface area contributed by atoms with Crippen LogP contribution in [-0.4, -0.2) is 31.4 Å². The number of carbonyl (C=O) groups is 1. The number of rotatable bonds is 7. The van der Waals surface area contributed by atoms with Gasteiger partial charge in [-0.2, -0.15) is 0 Å². The number of carbonyl (C=O) groups excluding carboxylic acids is 1. The van der Waals surface area contributed by atoms with Crippen LogP contribution in [0.2, 0.25) is 0 Å². The summed E-state index contributed by atoms with van der Waals surface area (Å²) in [6, 6.07) is 15.9. The van der Waals surface area contributed by atoms with Gasteiger partial charge in [-0.15, -0.1) is 10.2 Å². The molecule has 9 heteroatoms. The van der Waals surface area contributed by atoms with E-state index in [0.717, 1.165) is 16.0 Å². The minimum atomic E-state index is -0.283. The molecule has 4 rings (SSSR count). The van der Waals surface area contributed by atoms with Gasteiger partial charge in [-0.3, -0.25) is 4.79 Å². The summed E-state index contributed by atoms with van der Waals surface area (Å²) in [7, 11) is 1.88. The van der Waals surface area contributed by atoms with Crippen molar-refractivity contribution in [3.05, 3.63) is 59.9 Å². The van der Waals surface area contributed by atoms with E-state index >= 15 is 0 Å². The Labute approximate surface area is 201 Å². The van der Waals surface area contributed by atoms with E-state index in [4.69, 9.17) is 4.74 Å². The Bertz CT molecular complexity index is 1230. The zero-order chi connectivity index (χ0) is 23.6. The number of ether oxygens (including phenoxy) is 1. The van der Waals surface area contributed by atoms with Crippen molar-refractivity contribution in [1.82, 2.24) is 19.7 Å². The molecule has 1 atom stereocenters. The fraction of sp³-hybridized carbons (Fsp3) is 0.333. The van der Waals surface area contributed by atoms with Crippen LogP contribution in [0.25, 0.3) is 10.2 Å². The minimum absolute atomic E-state index is 0.0964. The number of thioether (sulfide) groups is 1. The van der Waals surface area contributed by atoms with Gasteiger partial charge in [0.05, 0.1) is 16.0 Å². The zero-order valence-electron chi connectivity index (χ0n) is 19.3. The fourth-order valence-corrected chi connectivity index (χ4v) is 4.91. The summed E-state index contributed by atoms with van der Waals surface area (Å²) >= 11 is 2.79. The second-order valence-corrected chi connectivity index (χ2v) is 10.7. The topological polar surface area (TPSA) is 81.9 Å². The zero-order valence-corrected chi connectivity index (χ0v) is 21.0. The van der Waals surface area contributed by atoms with Crippen LogP contribution in [-0.2, 0) is 17.3 Å². The van der Waals surface area contributed by atoms with E-state index in [2.05, 4.69) is 53.4 Å². The summed E-state index contributed by atoms with van der Waals surface area (Å²) in [5, 5.41) is 12.6. The molecule has 2 aromatic heterocycles. The number of thiazole rings is 1. The number of benzene rings is 2. The number of nitrogens with zero attached hydrogens (tertiary/aromatic N) is 4. The highest BCUT2D eigenvalue weighted by molar-refractivity contribution is 7.99. The molecule has 0 aliphatic heterocycles. The SMILES string of the molecule is CC(Oc1ccc(C(C)(C)C)cc1)c1nnc(SCC(=O)Nc2nc3ccccc3s2)n1C. The van der Waals surface area contributed by atoms with Crippen molar-refractivity contribution in [3.8, 4) is 5.75 Å². The standard InChI is InChI=1S/C24H27N5O2S2/c1-15(31-17-12-10-16(11-13-17)24(2,3)4)21-27-28-23(29(21)5)32-14-20(30)26-22-25-18-8-6-7-9-19(18)33-22/h6-13,15H,14H2,1-5H3,(H,25,26,30). The third-order valence-electron chi connectivity index (χ3n) is 5.14. The fourth-order valence-electron chi connectivity index (χ4n) is 3.31. The molecule has 0 saturated carbocycles.